The van der Waals surface area contributed by atoms with Crippen LogP contribution >= 0.6 is 0 Å². The van der Waals surface area contributed by atoms with Crippen LogP contribution in [-0.2, 0) is 0 Å². The number of benzene rings is 3. The van der Waals surface area contributed by atoms with Crippen LogP contribution < -0.4 is 14.8 Å². The lowest BCUT2D eigenvalue weighted by Gasteiger charge is -2.11. The highest BCUT2D eigenvalue weighted by Crippen LogP contribution is 2.42. The summed E-state index contributed by atoms with van der Waals surface area (Å²) in [6, 6.07) is 18.2. The molecule has 7 heteroatoms. The van der Waals surface area contributed by atoms with Crippen LogP contribution in [0.1, 0.15) is 10.4 Å². The average molecular weight is 349 g/mol. The molecule has 0 saturated carbocycles. The number of fused-ring (bicyclic) bond motifs is 2. The summed E-state index contributed by atoms with van der Waals surface area (Å²) in [5.41, 5.74) is 0.487. The van der Waals surface area contributed by atoms with Crippen LogP contribution in [0.15, 0.2) is 66.7 Å². The summed E-state index contributed by atoms with van der Waals surface area (Å²) in [7, 11) is 0. The number of ether oxygens (including phenoxy) is 2. The minimum atomic E-state index is -0.446. The first kappa shape index (κ1) is 15.6. The molecule has 1 amide bonds. The van der Waals surface area contributed by atoms with Gasteiger partial charge in [0.1, 0.15) is 11.3 Å². The maximum absolute atomic E-state index is 12.7. The Morgan fingerprint density at radius 2 is 1.69 bits per heavy atom. The molecule has 1 heterocycles. The van der Waals surface area contributed by atoms with Gasteiger partial charge in [0.05, 0.1) is 22.7 Å². The second-order valence-corrected chi connectivity index (χ2v) is 5.56. The Bertz CT molecular complexity index is 1020. The van der Waals surface area contributed by atoms with E-state index in [1.54, 1.807) is 48.5 Å². The number of hydrogen-bond donors (Lipinski definition) is 2. The van der Waals surface area contributed by atoms with Crippen molar-refractivity contribution < 1.29 is 24.4 Å². The summed E-state index contributed by atoms with van der Waals surface area (Å²) in [5, 5.41) is 12.1. The van der Waals surface area contributed by atoms with Gasteiger partial charge in [0.2, 0.25) is 0 Å². The molecule has 128 valence electrons. The van der Waals surface area contributed by atoms with Crippen molar-refractivity contribution in [3.8, 4) is 23.0 Å². The van der Waals surface area contributed by atoms with E-state index >= 15 is 0 Å². The van der Waals surface area contributed by atoms with E-state index in [0.29, 0.717) is 17.2 Å². The highest BCUT2D eigenvalue weighted by atomic mass is 16.6. The summed E-state index contributed by atoms with van der Waals surface area (Å²) in [6.45, 7) is 0. The summed E-state index contributed by atoms with van der Waals surface area (Å²) in [5.74, 6) is 0.627. The molecule has 0 spiro atoms. The number of hydrogen-bond acceptors (Lipinski definition) is 4. The first-order valence-electron chi connectivity index (χ1n) is 7.77. The molecule has 7 nitrogen and oxygen atoms in total. The lowest BCUT2D eigenvalue weighted by molar-refractivity contribution is -0.729. The minimum absolute atomic E-state index is 0.0870. The monoisotopic (exact) mass is 349 g/mol. The predicted octanol–water partition coefficient (Wildman–Crippen LogP) is 4.64. The molecule has 2 N–H and O–H groups in total. The van der Waals surface area contributed by atoms with Gasteiger partial charge in [0.25, 0.3) is 10.8 Å². The quantitative estimate of drug-likeness (QED) is 0.673. The Balaban J connectivity index is 1.88. The maximum Gasteiger partial charge on any atom is 0.324 e. The molecule has 0 atom stereocenters. The molecule has 0 unspecified atom stereocenters. The smallest absolute Gasteiger partial charge is 0.324 e. The fourth-order valence-electron chi connectivity index (χ4n) is 2.65. The molecule has 0 radical (unpaired) electrons. The van der Waals surface area contributed by atoms with E-state index in [1.165, 1.54) is 12.1 Å². The molecule has 4 rings (SSSR count). The van der Waals surface area contributed by atoms with Crippen LogP contribution in [0.25, 0.3) is 0 Å². The summed E-state index contributed by atoms with van der Waals surface area (Å²) in [6.07, 6.45) is 0. The van der Waals surface area contributed by atoms with Crippen molar-refractivity contribution in [3.05, 3.63) is 77.2 Å². The zero-order chi connectivity index (χ0) is 18.1. The molecule has 0 fully saturated rings. The number of rotatable bonds is 3. The molecule has 3 aromatic carbocycles. The van der Waals surface area contributed by atoms with Gasteiger partial charge in [-0.25, -0.2) is 5.21 Å². The third kappa shape index (κ3) is 2.82. The van der Waals surface area contributed by atoms with Gasteiger partial charge >= 0.3 is 5.69 Å². The first-order chi connectivity index (χ1) is 12.6. The van der Waals surface area contributed by atoms with Crippen LogP contribution in [-0.4, -0.2) is 16.0 Å². The fraction of sp³-hybridized carbons (Fsp3) is 0. The zero-order valence-corrected chi connectivity index (χ0v) is 13.4. The third-order valence-electron chi connectivity index (χ3n) is 3.82. The van der Waals surface area contributed by atoms with Gasteiger partial charge in [0.15, 0.2) is 17.2 Å². The van der Waals surface area contributed by atoms with Crippen LogP contribution in [0.3, 0.4) is 0 Å². The van der Waals surface area contributed by atoms with Crippen molar-refractivity contribution in [1.29, 1.82) is 0 Å². The molecule has 0 aromatic heterocycles. The molecular formula is C19H13N2O5+. The average Bonchev–Trinajstić information content (AvgIpc) is 2.78. The summed E-state index contributed by atoms with van der Waals surface area (Å²) < 4.78 is 11.6. The van der Waals surface area contributed by atoms with E-state index < -0.39 is 5.91 Å². The molecule has 0 bridgehead atoms. The molecule has 0 aliphatic carbocycles. The topological polar surface area (TPSA) is 87.9 Å². The fourth-order valence-corrected chi connectivity index (χ4v) is 2.65. The Morgan fingerprint density at radius 3 is 2.46 bits per heavy atom. The van der Waals surface area contributed by atoms with E-state index in [4.69, 9.17) is 9.47 Å². The Hall–Kier alpha value is -3.87. The van der Waals surface area contributed by atoms with Gasteiger partial charge in [-0.1, -0.05) is 30.3 Å². The van der Waals surface area contributed by atoms with Gasteiger partial charge in [-0.15, -0.1) is 0 Å². The molecule has 0 saturated heterocycles. The minimum Gasteiger partial charge on any atom is -0.456 e. The van der Waals surface area contributed by atoms with Gasteiger partial charge < -0.3 is 14.8 Å². The van der Waals surface area contributed by atoms with Crippen LogP contribution in [0.2, 0.25) is 0 Å². The van der Waals surface area contributed by atoms with Gasteiger partial charge in [-0.3, -0.25) is 4.79 Å². The number of amides is 1. The van der Waals surface area contributed by atoms with E-state index in [2.05, 4.69) is 5.32 Å². The van der Waals surface area contributed by atoms with Gasteiger partial charge in [-0.2, -0.15) is 0 Å². The van der Waals surface area contributed by atoms with Crippen LogP contribution in [0.5, 0.6) is 23.0 Å². The first-order valence-corrected chi connectivity index (χ1v) is 7.77. The number of para-hydroxylation sites is 3. The van der Waals surface area contributed by atoms with Crippen LogP contribution in [0, 0.1) is 4.91 Å². The number of anilines is 1. The molecule has 1 aliphatic rings. The normalized spacial score (nSPS) is 12.1. The van der Waals surface area contributed by atoms with E-state index in [-0.39, 0.29) is 27.7 Å². The molecule has 3 aromatic rings. The van der Waals surface area contributed by atoms with Crippen molar-refractivity contribution >= 4 is 17.3 Å². The number of nitrogens with zero attached hydrogens (tertiary/aromatic N) is 1. The van der Waals surface area contributed by atoms with E-state index in [0.717, 1.165) is 0 Å². The lowest BCUT2D eigenvalue weighted by Crippen LogP contribution is -2.12. The Kier molecular flexibility index (Phi) is 3.74. The Labute approximate surface area is 147 Å². The van der Waals surface area contributed by atoms with E-state index in [9.17, 15) is 14.9 Å². The highest BCUT2D eigenvalue weighted by molar-refractivity contribution is 6.10. The van der Waals surface area contributed by atoms with Gasteiger partial charge in [-0.05, 0) is 24.3 Å². The predicted molar refractivity (Wildman–Crippen MR) is 92.5 cm³/mol. The van der Waals surface area contributed by atoms with Crippen molar-refractivity contribution in [3.63, 3.8) is 0 Å². The number of nitrogens with one attached hydrogen (secondary N) is 1. The standard InChI is InChI=1S/C19H12N2O5/c22-19-18-16(25-13-6-2-1-3-7-13)10-12(21(23)24)11-17(18)26-15-9-5-4-8-14(15)20-19/h1-11H,(H-,20,22,23,24)/p+1. The van der Waals surface area contributed by atoms with Gasteiger partial charge in [0, 0.05) is 0 Å². The highest BCUT2D eigenvalue weighted by Gasteiger charge is 2.29. The maximum atomic E-state index is 12.7. The molecule has 1 aliphatic heterocycles. The summed E-state index contributed by atoms with van der Waals surface area (Å²) in [4.78, 5) is 23.8. The van der Waals surface area contributed by atoms with Crippen molar-refractivity contribution in [2.24, 2.45) is 0 Å². The number of carbonyl (C=O) groups excluding carboxylic acids is 1. The van der Waals surface area contributed by atoms with Crippen molar-refractivity contribution in [1.82, 2.24) is 0 Å². The molecule has 26 heavy (non-hydrogen) atoms. The lowest BCUT2D eigenvalue weighted by atomic mass is 10.1. The van der Waals surface area contributed by atoms with E-state index in [1.807, 2.05) is 6.07 Å². The van der Waals surface area contributed by atoms with Crippen molar-refractivity contribution in [2.75, 3.05) is 5.32 Å². The largest absolute Gasteiger partial charge is 0.456 e. The molecular weight excluding hydrogens is 336 g/mol. The van der Waals surface area contributed by atoms with Crippen LogP contribution in [0.4, 0.5) is 11.4 Å². The zero-order valence-electron chi connectivity index (χ0n) is 13.4. The second kappa shape index (κ2) is 6.21. The van der Waals surface area contributed by atoms with Crippen molar-refractivity contribution in [2.45, 2.75) is 0 Å². The number of carbonyl (C=O) groups is 1. The second-order valence-electron chi connectivity index (χ2n) is 5.56. The third-order valence-corrected chi connectivity index (χ3v) is 3.82. The summed E-state index contributed by atoms with van der Waals surface area (Å²) >= 11 is 0. The SMILES string of the molecule is O=C1Nc2ccccc2Oc2cc([N+](=O)O)cc(Oc3ccccc3)c21. The Morgan fingerprint density at radius 1 is 0.962 bits per heavy atom.